The lowest BCUT2D eigenvalue weighted by Crippen LogP contribution is -2.37. The summed E-state index contributed by atoms with van der Waals surface area (Å²) < 4.78 is 4.86. The Morgan fingerprint density at radius 1 is 1.55 bits per heavy atom. The Labute approximate surface area is 115 Å². The van der Waals surface area contributed by atoms with Crippen LogP contribution < -0.4 is 10.1 Å². The van der Waals surface area contributed by atoms with E-state index < -0.39 is 11.4 Å². The number of rotatable bonds is 3. The Bertz CT molecular complexity index is 536. The van der Waals surface area contributed by atoms with Gasteiger partial charge in [0.25, 0.3) is 0 Å². The van der Waals surface area contributed by atoms with Gasteiger partial charge in [-0.3, -0.25) is 10.1 Å². The molecule has 1 unspecified atom stereocenters. The van der Waals surface area contributed by atoms with Crippen LogP contribution >= 0.6 is 0 Å². The van der Waals surface area contributed by atoms with Gasteiger partial charge in [0.05, 0.1) is 12.5 Å². The zero-order valence-electron chi connectivity index (χ0n) is 11.3. The molecular weight excluding hydrogens is 264 g/mol. The summed E-state index contributed by atoms with van der Waals surface area (Å²) in [6, 6.07) is 1.31. The highest BCUT2D eigenvalue weighted by Crippen LogP contribution is 2.30. The minimum atomic E-state index is -0.892. The van der Waals surface area contributed by atoms with Crippen LogP contribution in [0.4, 0.5) is 10.6 Å². The second kappa shape index (κ2) is 5.32. The van der Waals surface area contributed by atoms with Gasteiger partial charge in [0.15, 0.2) is 0 Å². The summed E-state index contributed by atoms with van der Waals surface area (Å²) >= 11 is 0. The van der Waals surface area contributed by atoms with E-state index in [2.05, 4.69) is 15.3 Å². The molecule has 1 saturated heterocycles. The minimum absolute atomic E-state index is 0.152. The van der Waals surface area contributed by atoms with Gasteiger partial charge in [-0.1, -0.05) is 0 Å². The van der Waals surface area contributed by atoms with E-state index in [1.54, 1.807) is 6.92 Å². The molecular formula is C12H16N4O4. The van der Waals surface area contributed by atoms with Gasteiger partial charge < -0.3 is 14.7 Å². The van der Waals surface area contributed by atoms with Crippen LogP contribution in [0.5, 0.6) is 6.01 Å². The second-order valence-corrected chi connectivity index (χ2v) is 4.90. The Morgan fingerprint density at radius 2 is 2.30 bits per heavy atom. The van der Waals surface area contributed by atoms with Crippen molar-refractivity contribution in [2.24, 2.45) is 5.41 Å². The standard InChI is InChI=1S/C12H16N4O4/c1-12(9(17)18)4-6-16(7-12)11(19)15-8-3-5-13-10(14-8)20-2/h3,5H,4,6-7H2,1-2H3,(H,17,18)(H,13,14,15,19). The van der Waals surface area contributed by atoms with E-state index in [0.29, 0.717) is 18.8 Å². The Kier molecular flexibility index (Phi) is 3.73. The molecule has 1 aliphatic rings. The highest BCUT2D eigenvalue weighted by atomic mass is 16.5. The number of hydrogen-bond donors (Lipinski definition) is 2. The zero-order chi connectivity index (χ0) is 14.8. The first-order valence-electron chi connectivity index (χ1n) is 6.11. The van der Waals surface area contributed by atoms with Crippen LogP contribution in [-0.2, 0) is 4.79 Å². The number of hydrogen-bond acceptors (Lipinski definition) is 5. The van der Waals surface area contributed by atoms with Crippen molar-refractivity contribution in [2.45, 2.75) is 13.3 Å². The number of carboxylic acid groups (broad SMARTS) is 1. The van der Waals surface area contributed by atoms with E-state index in [0.717, 1.165) is 0 Å². The molecule has 0 aliphatic carbocycles. The summed E-state index contributed by atoms with van der Waals surface area (Å²) in [5.74, 6) is -0.581. The molecule has 1 fully saturated rings. The molecule has 0 radical (unpaired) electrons. The van der Waals surface area contributed by atoms with Crippen LogP contribution in [-0.4, -0.2) is 52.2 Å². The number of carboxylic acids is 1. The van der Waals surface area contributed by atoms with E-state index >= 15 is 0 Å². The maximum absolute atomic E-state index is 12.0. The molecule has 20 heavy (non-hydrogen) atoms. The third kappa shape index (κ3) is 2.79. The summed E-state index contributed by atoms with van der Waals surface area (Å²) in [7, 11) is 1.43. The number of methoxy groups -OCH3 is 1. The smallest absolute Gasteiger partial charge is 0.323 e. The molecule has 1 aliphatic heterocycles. The van der Waals surface area contributed by atoms with Gasteiger partial charge in [-0.05, 0) is 19.4 Å². The monoisotopic (exact) mass is 280 g/mol. The Balaban J connectivity index is 2.01. The molecule has 0 bridgehead atoms. The van der Waals surface area contributed by atoms with Gasteiger partial charge in [-0.15, -0.1) is 0 Å². The molecule has 2 amide bonds. The average molecular weight is 280 g/mol. The average Bonchev–Trinajstić information content (AvgIpc) is 2.83. The molecule has 1 aromatic heterocycles. The van der Waals surface area contributed by atoms with Crippen molar-refractivity contribution in [1.82, 2.24) is 14.9 Å². The van der Waals surface area contributed by atoms with Crippen molar-refractivity contribution >= 4 is 17.8 Å². The van der Waals surface area contributed by atoms with Crippen LogP contribution in [0.15, 0.2) is 12.3 Å². The Morgan fingerprint density at radius 3 is 2.90 bits per heavy atom. The first kappa shape index (κ1) is 14.0. The van der Waals surface area contributed by atoms with Crippen LogP contribution in [0, 0.1) is 5.41 Å². The van der Waals surface area contributed by atoms with Gasteiger partial charge in [-0.25, -0.2) is 9.78 Å². The first-order valence-corrected chi connectivity index (χ1v) is 6.11. The number of aromatic nitrogens is 2. The van der Waals surface area contributed by atoms with Crippen molar-refractivity contribution < 1.29 is 19.4 Å². The lowest BCUT2D eigenvalue weighted by Gasteiger charge is -2.20. The number of nitrogens with zero attached hydrogens (tertiary/aromatic N) is 3. The summed E-state index contributed by atoms with van der Waals surface area (Å²) in [4.78, 5) is 32.4. The van der Waals surface area contributed by atoms with E-state index in [9.17, 15) is 9.59 Å². The molecule has 0 saturated carbocycles. The van der Waals surface area contributed by atoms with Crippen molar-refractivity contribution in [2.75, 3.05) is 25.5 Å². The fourth-order valence-electron chi connectivity index (χ4n) is 2.01. The van der Waals surface area contributed by atoms with Crippen molar-refractivity contribution in [3.63, 3.8) is 0 Å². The SMILES string of the molecule is COc1nccc(NC(=O)N2CCC(C)(C(=O)O)C2)n1. The predicted molar refractivity (Wildman–Crippen MR) is 69.5 cm³/mol. The van der Waals surface area contributed by atoms with E-state index in [1.807, 2.05) is 0 Å². The second-order valence-electron chi connectivity index (χ2n) is 4.90. The molecule has 8 nitrogen and oxygen atoms in total. The van der Waals surface area contributed by atoms with Crippen LogP contribution in [0.25, 0.3) is 0 Å². The molecule has 8 heteroatoms. The minimum Gasteiger partial charge on any atom is -0.481 e. The predicted octanol–water partition coefficient (Wildman–Crippen LogP) is 0.814. The van der Waals surface area contributed by atoms with Crippen molar-refractivity contribution in [3.8, 4) is 6.01 Å². The molecule has 1 aromatic rings. The van der Waals surface area contributed by atoms with E-state index in [4.69, 9.17) is 9.84 Å². The number of anilines is 1. The van der Waals surface area contributed by atoms with Crippen LogP contribution in [0.1, 0.15) is 13.3 Å². The third-order valence-corrected chi connectivity index (χ3v) is 3.33. The molecule has 0 spiro atoms. The van der Waals surface area contributed by atoms with E-state index in [-0.39, 0.29) is 18.6 Å². The first-order chi connectivity index (χ1) is 9.44. The van der Waals surface area contributed by atoms with Crippen molar-refractivity contribution in [1.29, 1.82) is 0 Å². The number of carbonyl (C=O) groups is 2. The van der Waals surface area contributed by atoms with Crippen LogP contribution in [0.3, 0.4) is 0 Å². The lowest BCUT2D eigenvalue weighted by molar-refractivity contribution is -0.146. The lowest BCUT2D eigenvalue weighted by atomic mass is 9.90. The zero-order valence-corrected chi connectivity index (χ0v) is 11.3. The largest absolute Gasteiger partial charge is 0.481 e. The highest BCUT2D eigenvalue weighted by Gasteiger charge is 2.42. The number of amides is 2. The number of nitrogens with one attached hydrogen (secondary N) is 1. The maximum Gasteiger partial charge on any atom is 0.323 e. The molecule has 1 atom stereocenters. The molecule has 2 rings (SSSR count). The summed E-state index contributed by atoms with van der Waals surface area (Å²) in [5, 5.41) is 11.7. The van der Waals surface area contributed by atoms with Crippen molar-refractivity contribution in [3.05, 3.63) is 12.3 Å². The van der Waals surface area contributed by atoms with Gasteiger partial charge in [0, 0.05) is 19.3 Å². The topological polar surface area (TPSA) is 105 Å². The van der Waals surface area contributed by atoms with Gasteiger partial charge >= 0.3 is 18.0 Å². The normalized spacial score (nSPS) is 21.6. The molecule has 2 N–H and O–H groups in total. The molecule has 0 aromatic carbocycles. The quantitative estimate of drug-likeness (QED) is 0.849. The maximum atomic E-state index is 12.0. The van der Waals surface area contributed by atoms with Gasteiger partial charge in [0.1, 0.15) is 5.82 Å². The summed E-state index contributed by atoms with van der Waals surface area (Å²) in [6.45, 7) is 2.21. The number of ether oxygens (including phenoxy) is 1. The van der Waals surface area contributed by atoms with Gasteiger partial charge in [0.2, 0.25) is 0 Å². The highest BCUT2D eigenvalue weighted by molar-refractivity contribution is 5.89. The number of aliphatic carboxylic acids is 1. The van der Waals surface area contributed by atoms with Gasteiger partial charge in [-0.2, -0.15) is 4.98 Å². The van der Waals surface area contributed by atoms with E-state index in [1.165, 1.54) is 24.3 Å². The molecule has 108 valence electrons. The number of likely N-dealkylation sites (tertiary alicyclic amines) is 1. The number of urea groups is 1. The number of carbonyl (C=O) groups excluding carboxylic acids is 1. The summed E-state index contributed by atoms with van der Waals surface area (Å²) in [5.41, 5.74) is -0.888. The van der Waals surface area contributed by atoms with Crippen LogP contribution in [0.2, 0.25) is 0 Å². The molecule has 2 heterocycles. The fraction of sp³-hybridized carbons (Fsp3) is 0.500. The summed E-state index contributed by atoms with van der Waals surface area (Å²) in [6.07, 6.45) is 1.90. The third-order valence-electron chi connectivity index (χ3n) is 3.33. The fourth-order valence-corrected chi connectivity index (χ4v) is 2.01. The Hall–Kier alpha value is -2.38.